The van der Waals surface area contributed by atoms with Crippen LogP contribution in [0.3, 0.4) is 0 Å². The van der Waals surface area contributed by atoms with Gasteiger partial charge in [-0.25, -0.2) is 13.2 Å². The van der Waals surface area contributed by atoms with Gasteiger partial charge in [0.05, 0.1) is 0 Å². The van der Waals surface area contributed by atoms with Gasteiger partial charge in [-0.3, -0.25) is 0 Å². The number of nitrogens with two attached hydrogens (primary N) is 1. The highest BCUT2D eigenvalue weighted by atomic mass is 32.2. The minimum Gasteiger partial charge on any atom is -0.443 e. The fourth-order valence-electron chi connectivity index (χ4n) is 1.11. The zero-order valence-corrected chi connectivity index (χ0v) is 15.1. The van der Waals surface area contributed by atoms with Crippen molar-refractivity contribution in [2.45, 2.75) is 58.4 Å². The summed E-state index contributed by atoms with van der Waals surface area (Å²) < 4.78 is 34.1. The standard InChI is InChI=1S/C11H26N2O5SSi/c1-10(2,3)20(6,7)18-13-19(15,16)8-11(4,5)17-9(12)14/h13H,8H2,1-7H3,(H2,12,14). The first-order chi connectivity index (χ1) is 8.58. The molecule has 7 nitrogen and oxygen atoms in total. The molecule has 0 aromatic carbocycles. The Kier molecular flexibility index (Phi) is 5.81. The van der Waals surface area contributed by atoms with E-state index in [2.05, 4.69) is 4.89 Å². The van der Waals surface area contributed by atoms with Crippen LogP contribution in [0.4, 0.5) is 4.79 Å². The third-order valence-electron chi connectivity index (χ3n) is 3.14. The Bertz CT molecular complexity index is 454. The zero-order chi connectivity index (χ0) is 16.4. The van der Waals surface area contributed by atoms with Crippen molar-refractivity contribution in [1.29, 1.82) is 0 Å². The topological polar surface area (TPSA) is 108 Å². The molecular weight excluding hydrogens is 300 g/mol. The molecule has 0 radical (unpaired) electrons. The molecule has 0 aliphatic heterocycles. The van der Waals surface area contributed by atoms with E-state index < -0.39 is 35.8 Å². The lowest BCUT2D eigenvalue weighted by Gasteiger charge is -2.35. The average Bonchev–Trinajstić information content (AvgIpc) is 2.08. The van der Waals surface area contributed by atoms with Crippen LogP contribution in [-0.4, -0.2) is 34.2 Å². The monoisotopic (exact) mass is 326 g/mol. The summed E-state index contributed by atoms with van der Waals surface area (Å²) in [5.74, 6) is -0.433. The largest absolute Gasteiger partial charge is 0.443 e. The van der Waals surface area contributed by atoms with E-state index in [4.69, 9.17) is 15.0 Å². The SMILES string of the molecule is CC(C)(CS(=O)(=O)NO[Si](C)(C)C(C)(C)C)OC(N)=O. The van der Waals surface area contributed by atoms with Crippen LogP contribution in [0.15, 0.2) is 0 Å². The number of ether oxygens (including phenoxy) is 1. The van der Waals surface area contributed by atoms with Crippen molar-refractivity contribution < 1.29 is 22.5 Å². The van der Waals surface area contributed by atoms with Gasteiger partial charge in [0.1, 0.15) is 11.4 Å². The lowest BCUT2D eigenvalue weighted by Crippen LogP contribution is -2.49. The number of sulfonamides is 1. The van der Waals surface area contributed by atoms with Gasteiger partial charge in [0, 0.05) is 0 Å². The number of hydrogen-bond donors (Lipinski definition) is 2. The van der Waals surface area contributed by atoms with Crippen molar-refractivity contribution in [3.05, 3.63) is 0 Å². The maximum Gasteiger partial charge on any atom is 0.405 e. The maximum atomic E-state index is 12.0. The summed E-state index contributed by atoms with van der Waals surface area (Å²) >= 11 is 0. The molecule has 0 heterocycles. The molecule has 3 N–H and O–H groups in total. The number of amides is 1. The maximum absolute atomic E-state index is 12.0. The molecule has 0 saturated carbocycles. The zero-order valence-electron chi connectivity index (χ0n) is 13.2. The molecule has 0 aliphatic carbocycles. The second kappa shape index (κ2) is 6.00. The summed E-state index contributed by atoms with van der Waals surface area (Å²) in [7, 11) is -5.99. The molecule has 0 atom stereocenters. The molecule has 20 heavy (non-hydrogen) atoms. The second-order valence-electron chi connectivity index (χ2n) is 6.89. The van der Waals surface area contributed by atoms with Crippen molar-refractivity contribution in [2.75, 3.05) is 5.75 Å². The Labute approximate surface area is 122 Å². The quantitative estimate of drug-likeness (QED) is 0.571. The lowest BCUT2D eigenvalue weighted by atomic mass is 10.2. The summed E-state index contributed by atoms with van der Waals surface area (Å²) in [6.07, 6.45) is -1.02. The predicted molar refractivity (Wildman–Crippen MR) is 80.0 cm³/mol. The Morgan fingerprint density at radius 3 is 2.00 bits per heavy atom. The number of rotatable bonds is 6. The van der Waals surface area contributed by atoms with Gasteiger partial charge in [-0.05, 0) is 32.0 Å². The van der Waals surface area contributed by atoms with Gasteiger partial charge in [0.25, 0.3) is 0 Å². The molecular formula is C11H26N2O5SSi. The van der Waals surface area contributed by atoms with Crippen LogP contribution < -0.4 is 10.6 Å². The van der Waals surface area contributed by atoms with E-state index in [1.165, 1.54) is 13.8 Å². The summed E-state index contributed by atoms with van der Waals surface area (Å²) in [4.78, 5) is 12.8. The minimum absolute atomic E-state index is 0.130. The van der Waals surface area contributed by atoms with E-state index in [0.717, 1.165) is 0 Å². The van der Waals surface area contributed by atoms with Gasteiger partial charge in [-0.15, -0.1) is 4.89 Å². The minimum atomic E-state index is -3.75. The first kappa shape index (κ1) is 19.4. The van der Waals surface area contributed by atoms with Crippen molar-refractivity contribution in [1.82, 2.24) is 4.89 Å². The molecule has 0 aliphatic rings. The Balaban J connectivity index is 4.75. The third-order valence-corrected chi connectivity index (χ3v) is 8.93. The normalized spacial score (nSPS) is 14.2. The van der Waals surface area contributed by atoms with Gasteiger partial charge in [0.15, 0.2) is 0 Å². The van der Waals surface area contributed by atoms with Crippen LogP contribution in [0.2, 0.25) is 18.1 Å². The molecule has 0 aromatic heterocycles. The van der Waals surface area contributed by atoms with Crippen molar-refractivity contribution in [2.24, 2.45) is 5.73 Å². The van der Waals surface area contributed by atoms with Crippen molar-refractivity contribution >= 4 is 24.4 Å². The third kappa shape index (κ3) is 6.68. The highest BCUT2D eigenvalue weighted by Gasteiger charge is 2.40. The predicted octanol–water partition coefficient (Wildman–Crippen LogP) is 1.72. The summed E-state index contributed by atoms with van der Waals surface area (Å²) in [6, 6.07) is 0. The number of hydrogen-bond acceptors (Lipinski definition) is 5. The van der Waals surface area contributed by atoms with Crippen LogP contribution in [0.1, 0.15) is 34.6 Å². The van der Waals surface area contributed by atoms with Gasteiger partial charge >= 0.3 is 6.09 Å². The van der Waals surface area contributed by atoms with Crippen LogP contribution >= 0.6 is 0 Å². The average molecular weight is 326 g/mol. The van der Waals surface area contributed by atoms with Crippen LogP contribution in [0.5, 0.6) is 0 Å². The van der Waals surface area contributed by atoms with Gasteiger partial charge in [-0.2, -0.15) is 0 Å². The first-order valence-corrected chi connectivity index (χ1v) is 10.8. The smallest absolute Gasteiger partial charge is 0.405 e. The Morgan fingerprint density at radius 1 is 1.20 bits per heavy atom. The molecule has 120 valence electrons. The van der Waals surface area contributed by atoms with Crippen LogP contribution in [-0.2, 0) is 19.3 Å². The summed E-state index contributed by atoms with van der Waals surface area (Å²) in [5, 5.41) is -0.130. The number of nitrogens with one attached hydrogen (secondary N) is 1. The molecule has 9 heteroatoms. The highest BCUT2D eigenvalue weighted by molar-refractivity contribution is 7.89. The van der Waals surface area contributed by atoms with Crippen LogP contribution in [0.25, 0.3) is 0 Å². The fraction of sp³-hybridized carbons (Fsp3) is 0.909. The Morgan fingerprint density at radius 2 is 1.65 bits per heavy atom. The lowest BCUT2D eigenvalue weighted by molar-refractivity contribution is 0.0613. The highest BCUT2D eigenvalue weighted by Crippen LogP contribution is 2.36. The van der Waals surface area contributed by atoms with Crippen LogP contribution in [0, 0.1) is 0 Å². The first-order valence-electron chi connectivity index (χ1n) is 6.24. The van der Waals surface area contributed by atoms with Gasteiger partial charge in [0.2, 0.25) is 18.3 Å². The number of primary amides is 1. The summed E-state index contributed by atoms with van der Waals surface area (Å²) in [5.41, 5.74) is 3.67. The summed E-state index contributed by atoms with van der Waals surface area (Å²) in [6.45, 7) is 12.7. The number of carbonyl (C=O) groups excluding carboxylic acids is 1. The molecule has 0 bridgehead atoms. The van der Waals surface area contributed by atoms with Crippen molar-refractivity contribution in [3.63, 3.8) is 0 Å². The van der Waals surface area contributed by atoms with E-state index in [-0.39, 0.29) is 5.04 Å². The van der Waals surface area contributed by atoms with Gasteiger partial charge < -0.3 is 15.0 Å². The molecule has 0 fully saturated rings. The van der Waals surface area contributed by atoms with E-state index in [1.807, 2.05) is 33.9 Å². The second-order valence-corrected chi connectivity index (χ2v) is 13.3. The number of carbonyl (C=O) groups is 1. The molecule has 0 aromatic rings. The molecule has 0 unspecified atom stereocenters. The van der Waals surface area contributed by atoms with E-state index in [0.29, 0.717) is 0 Å². The Hall–Kier alpha value is -0.643. The van der Waals surface area contributed by atoms with Crippen molar-refractivity contribution in [3.8, 4) is 0 Å². The van der Waals surface area contributed by atoms with E-state index in [9.17, 15) is 13.2 Å². The molecule has 0 saturated heterocycles. The molecule has 0 spiro atoms. The van der Waals surface area contributed by atoms with E-state index in [1.54, 1.807) is 0 Å². The van der Waals surface area contributed by atoms with Gasteiger partial charge in [-0.1, -0.05) is 20.8 Å². The molecule has 0 rings (SSSR count). The fourth-order valence-corrected chi connectivity index (χ4v) is 3.79. The van der Waals surface area contributed by atoms with E-state index >= 15 is 0 Å². The molecule has 1 amide bonds.